The van der Waals surface area contributed by atoms with Crippen molar-refractivity contribution in [3.63, 3.8) is 0 Å². The molecule has 2 amide bonds. The molecule has 0 radical (unpaired) electrons. The third-order valence-electron chi connectivity index (χ3n) is 7.17. The molecule has 0 saturated heterocycles. The maximum atomic E-state index is 14.9. The van der Waals surface area contributed by atoms with E-state index in [0.717, 1.165) is 10.6 Å². The van der Waals surface area contributed by atoms with Crippen molar-refractivity contribution < 1.29 is 28.2 Å². The number of rotatable bonds is 7. The molecule has 0 unspecified atom stereocenters. The predicted molar refractivity (Wildman–Crippen MR) is 155 cm³/mol. The van der Waals surface area contributed by atoms with Gasteiger partial charge in [0.25, 0.3) is 11.8 Å². The minimum absolute atomic E-state index is 0.0790. The summed E-state index contributed by atoms with van der Waals surface area (Å²) in [6, 6.07) is 21.0. The average Bonchev–Trinajstić information content (AvgIpc) is 3.66. The highest BCUT2D eigenvalue weighted by atomic mass is 19.1. The molecule has 2 aliphatic heterocycles. The molecule has 2 aliphatic rings. The molecule has 0 saturated carbocycles. The Hall–Kier alpha value is -5.69. The van der Waals surface area contributed by atoms with E-state index in [9.17, 15) is 19.2 Å². The lowest BCUT2D eigenvalue weighted by Crippen LogP contribution is -2.42. The van der Waals surface area contributed by atoms with E-state index >= 15 is 0 Å². The number of ether oxygens (including phenoxy) is 3. The summed E-state index contributed by atoms with van der Waals surface area (Å²) in [4.78, 5) is 28.2. The SMILES string of the molecule is CCOc1ccc(-c2nn(-c3ccccc3)cc2/C=C2/C(=O)N(Cc3ccc4c(c3)OCO4)C(=O)C(C#N)=C2C)cc1F. The average molecular weight is 577 g/mol. The minimum Gasteiger partial charge on any atom is -0.491 e. The molecule has 3 aromatic carbocycles. The number of carbonyl (C=O) groups is 2. The number of hydrogen-bond acceptors (Lipinski definition) is 7. The second-order valence-electron chi connectivity index (χ2n) is 9.85. The van der Waals surface area contributed by atoms with Crippen LogP contribution >= 0.6 is 0 Å². The van der Waals surface area contributed by atoms with Crippen LogP contribution in [0, 0.1) is 17.1 Å². The summed E-state index contributed by atoms with van der Waals surface area (Å²) in [5.74, 6) is -0.611. The van der Waals surface area contributed by atoms with Crippen molar-refractivity contribution in [3.8, 4) is 40.3 Å². The van der Waals surface area contributed by atoms with Crippen LogP contribution in [-0.2, 0) is 16.1 Å². The molecule has 3 heterocycles. The van der Waals surface area contributed by atoms with Gasteiger partial charge < -0.3 is 14.2 Å². The Kier molecular flexibility index (Phi) is 7.22. The third-order valence-corrected chi connectivity index (χ3v) is 7.17. The van der Waals surface area contributed by atoms with Crippen molar-refractivity contribution in [2.24, 2.45) is 0 Å². The van der Waals surface area contributed by atoms with Crippen LogP contribution in [0.3, 0.4) is 0 Å². The second kappa shape index (κ2) is 11.3. The van der Waals surface area contributed by atoms with E-state index in [2.05, 4.69) is 0 Å². The van der Waals surface area contributed by atoms with Gasteiger partial charge in [0.1, 0.15) is 17.3 Å². The Morgan fingerprint density at radius 2 is 1.84 bits per heavy atom. The van der Waals surface area contributed by atoms with Gasteiger partial charge in [0.2, 0.25) is 6.79 Å². The monoisotopic (exact) mass is 576 g/mol. The van der Waals surface area contributed by atoms with Gasteiger partial charge in [-0.2, -0.15) is 10.4 Å². The van der Waals surface area contributed by atoms with Crippen molar-refractivity contribution in [1.82, 2.24) is 14.7 Å². The van der Waals surface area contributed by atoms with E-state index in [1.807, 2.05) is 36.4 Å². The number of fused-ring (bicyclic) bond motifs is 1. The van der Waals surface area contributed by atoms with E-state index in [-0.39, 0.29) is 35.8 Å². The van der Waals surface area contributed by atoms with Gasteiger partial charge in [-0.05, 0) is 73.5 Å². The number of imide groups is 1. The molecule has 6 rings (SSSR count). The quantitative estimate of drug-likeness (QED) is 0.208. The van der Waals surface area contributed by atoms with Crippen LogP contribution in [0.4, 0.5) is 4.39 Å². The van der Waals surface area contributed by atoms with Crippen molar-refractivity contribution in [3.05, 3.63) is 107 Å². The molecular formula is C33H25FN4O5. The number of halogens is 1. The van der Waals surface area contributed by atoms with Crippen molar-refractivity contribution >= 4 is 17.9 Å². The molecule has 43 heavy (non-hydrogen) atoms. The van der Waals surface area contributed by atoms with Crippen LogP contribution in [-0.4, -0.2) is 39.9 Å². The van der Waals surface area contributed by atoms with Gasteiger partial charge in [0, 0.05) is 22.9 Å². The molecule has 0 fully saturated rings. The highest BCUT2D eigenvalue weighted by Gasteiger charge is 2.36. The standard InChI is InChI=1S/C33H25FN4O5/c1-3-41-28-12-10-22(15-27(28)34)31-23(18-38(36-31)24-7-5-4-6-8-24)14-25-20(2)26(16-35)33(40)37(32(25)39)17-21-9-11-29-30(13-21)43-19-42-29/h4-15,18H,3,17,19H2,1-2H3/b25-14+. The summed E-state index contributed by atoms with van der Waals surface area (Å²) in [6.07, 6.45) is 3.31. The highest BCUT2D eigenvalue weighted by Crippen LogP contribution is 2.35. The van der Waals surface area contributed by atoms with Gasteiger partial charge >= 0.3 is 0 Å². The van der Waals surface area contributed by atoms with Crippen LogP contribution < -0.4 is 14.2 Å². The molecule has 0 aliphatic carbocycles. The first-order chi connectivity index (χ1) is 20.9. The van der Waals surface area contributed by atoms with Gasteiger partial charge in [-0.15, -0.1) is 0 Å². The number of benzene rings is 3. The Morgan fingerprint density at radius 3 is 2.58 bits per heavy atom. The number of para-hydroxylation sites is 1. The van der Waals surface area contributed by atoms with Crippen LogP contribution in [0.1, 0.15) is 25.0 Å². The van der Waals surface area contributed by atoms with E-state index < -0.39 is 17.6 Å². The zero-order valence-electron chi connectivity index (χ0n) is 23.3. The van der Waals surface area contributed by atoms with E-state index in [1.54, 1.807) is 55.1 Å². The Morgan fingerprint density at radius 1 is 1.05 bits per heavy atom. The van der Waals surface area contributed by atoms with E-state index in [0.29, 0.717) is 40.5 Å². The molecule has 214 valence electrons. The number of carbonyl (C=O) groups excluding carboxylic acids is 2. The fourth-order valence-corrected chi connectivity index (χ4v) is 5.00. The summed E-state index contributed by atoms with van der Waals surface area (Å²) in [6.45, 7) is 3.66. The first kappa shape index (κ1) is 27.5. The fraction of sp³-hybridized carbons (Fsp3) is 0.152. The number of amides is 2. The molecule has 4 aromatic rings. The molecule has 0 spiro atoms. The van der Waals surface area contributed by atoms with E-state index in [4.69, 9.17) is 19.3 Å². The summed E-state index contributed by atoms with van der Waals surface area (Å²) in [7, 11) is 0. The predicted octanol–water partition coefficient (Wildman–Crippen LogP) is 5.60. The molecule has 1 aromatic heterocycles. The summed E-state index contributed by atoms with van der Waals surface area (Å²) < 4.78 is 32.7. The van der Waals surface area contributed by atoms with Crippen molar-refractivity contribution in [2.45, 2.75) is 20.4 Å². The van der Waals surface area contributed by atoms with Crippen LogP contribution in [0.15, 0.2) is 89.6 Å². The molecule has 0 atom stereocenters. The zero-order valence-corrected chi connectivity index (χ0v) is 23.3. The first-order valence-corrected chi connectivity index (χ1v) is 13.5. The number of aromatic nitrogens is 2. The van der Waals surface area contributed by atoms with Crippen molar-refractivity contribution in [1.29, 1.82) is 5.26 Å². The summed E-state index contributed by atoms with van der Waals surface area (Å²) in [5, 5.41) is 14.6. The molecule has 10 heteroatoms. The van der Waals surface area contributed by atoms with Gasteiger partial charge in [-0.25, -0.2) is 9.07 Å². The van der Waals surface area contributed by atoms with Gasteiger partial charge in [-0.3, -0.25) is 14.5 Å². The van der Waals surface area contributed by atoms with E-state index in [1.165, 1.54) is 12.1 Å². The van der Waals surface area contributed by atoms with Crippen LogP contribution in [0.2, 0.25) is 0 Å². The zero-order chi connectivity index (χ0) is 30.1. The fourth-order valence-electron chi connectivity index (χ4n) is 5.00. The molecular weight excluding hydrogens is 551 g/mol. The first-order valence-electron chi connectivity index (χ1n) is 13.5. The lowest BCUT2D eigenvalue weighted by Gasteiger charge is -2.27. The number of nitriles is 1. The molecule has 0 N–H and O–H groups in total. The Labute approximate surface area is 246 Å². The summed E-state index contributed by atoms with van der Waals surface area (Å²) in [5.41, 5.74) is 2.98. The minimum atomic E-state index is -0.686. The molecule has 9 nitrogen and oxygen atoms in total. The third kappa shape index (κ3) is 5.13. The normalized spacial score (nSPS) is 15.3. The maximum Gasteiger partial charge on any atom is 0.271 e. The maximum absolute atomic E-state index is 14.9. The number of nitrogens with zero attached hydrogens (tertiary/aromatic N) is 4. The summed E-state index contributed by atoms with van der Waals surface area (Å²) >= 11 is 0. The number of hydrogen-bond donors (Lipinski definition) is 0. The largest absolute Gasteiger partial charge is 0.491 e. The second-order valence-corrected chi connectivity index (χ2v) is 9.85. The highest BCUT2D eigenvalue weighted by molar-refractivity contribution is 6.19. The van der Waals surface area contributed by atoms with Crippen LogP contribution in [0.25, 0.3) is 23.0 Å². The van der Waals surface area contributed by atoms with Gasteiger partial charge in [-0.1, -0.05) is 24.3 Å². The molecule has 0 bridgehead atoms. The smallest absolute Gasteiger partial charge is 0.271 e. The van der Waals surface area contributed by atoms with Crippen LogP contribution in [0.5, 0.6) is 17.2 Å². The Balaban J connectivity index is 1.45. The lowest BCUT2D eigenvalue weighted by atomic mass is 9.93. The Bertz CT molecular complexity index is 1870. The van der Waals surface area contributed by atoms with Crippen molar-refractivity contribution in [2.75, 3.05) is 13.4 Å². The van der Waals surface area contributed by atoms with Gasteiger partial charge in [0.05, 0.1) is 18.8 Å². The van der Waals surface area contributed by atoms with Gasteiger partial charge in [0.15, 0.2) is 23.1 Å². The topological polar surface area (TPSA) is 107 Å². The lowest BCUT2D eigenvalue weighted by molar-refractivity contribution is -0.141.